The summed E-state index contributed by atoms with van der Waals surface area (Å²) in [7, 11) is 2.17. The molecule has 0 radical (unpaired) electrons. The van der Waals surface area contributed by atoms with Gasteiger partial charge in [0.2, 0.25) is 0 Å². The highest BCUT2D eigenvalue weighted by molar-refractivity contribution is 5.95. The minimum absolute atomic E-state index is 0.0268. The maximum Gasteiger partial charge on any atom is 0.260 e. The molecule has 0 saturated carbocycles. The van der Waals surface area contributed by atoms with E-state index in [0.29, 0.717) is 19.7 Å². The minimum Gasteiger partial charge on any atom is -0.484 e. The molecule has 6 rings (SSSR count). The van der Waals surface area contributed by atoms with E-state index in [1.807, 2.05) is 23.1 Å². The van der Waals surface area contributed by atoms with Gasteiger partial charge in [0.25, 0.3) is 5.91 Å². The first kappa shape index (κ1) is 23.9. The van der Waals surface area contributed by atoms with E-state index in [1.54, 1.807) is 0 Å². The van der Waals surface area contributed by atoms with E-state index in [9.17, 15) is 4.79 Å². The van der Waals surface area contributed by atoms with Crippen LogP contribution in [0.4, 0.5) is 11.4 Å². The summed E-state index contributed by atoms with van der Waals surface area (Å²) < 4.78 is 6.01. The number of piperazine rings is 2. The molecule has 2 fully saturated rings. The van der Waals surface area contributed by atoms with E-state index in [0.717, 1.165) is 57.2 Å². The Balaban J connectivity index is 1.08. The van der Waals surface area contributed by atoms with Crippen molar-refractivity contribution in [1.29, 1.82) is 0 Å². The van der Waals surface area contributed by atoms with E-state index >= 15 is 0 Å². The van der Waals surface area contributed by atoms with Crippen molar-refractivity contribution in [2.45, 2.75) is 6.42 Å². The number of nitrogens with zero attached hydrogens (tertiary/aromatic N) is 4. The average Bonchev–Trinajstić information content (AvgIpc) is 2.96. The molecule has 0 unspecified atom stereocenters. The maximum atomic E-state index is 13.0. The lowest BCUT2D eigenvalue weighted by Crippen LogP contribution is -2.50. The number of rotatable bonds is 5. The average molecular weight is 503 g/mol. The van der Waals surface area contributed by atoms with Crippen LogP contribution in [0.1, 0.15) is 5.56 Å². The Bertz CT molecular complexity index is 1270. The van der Waals surface area contributed by atoms with Crippen LogP contribution >= 0.6 is 0 Å². The van der Waals surface area contributed by atoms with E-state index < -0.39 is 0 Å². The molecule has 0 atom stereocenters. The molecule has 0 bridgehead atoms. The van der Waals surface area contributed by atoms with Gasteiger partial charge in [-0.2, -0.15) is 4.89 Å². The van der Waals surface area contributed by atoms with Crippen LogP contribution in [0, 0.1) is 0 Å². The second-order valence-electron chi connectivity index (χ2n) is 10.0. The number of likely N-dealkylation sites (N-methyl/N-ethyl adjacent to an activating group) is 1. The molecule has 8 nitrogen and oxygen atoms in total. The van der Waals surface area contributed by atoms with Crippen molar-refractivity contribution in [2.24, 2.45) is 0 Å². The van der Waals surface area contributed by atoms with Crippen LogP contribution < -0.4 is 19.4 Å². The molecule has 8 heteroatoms. The van der Waals surface area contributed by atoms with E-state index in [2.05, 4.69) is 58.1 Å². The Morgan fingerprint density at radius 3 is 2.43 bits per heavy atom. The number of fused-ring (bicyclic) bond motifs is 2. The first-order chi connectivity index (χ1) is 18.2. The quantitative estimate of drug-likeness (QED) is 0.497. The Hall–Kier alpha value is -3.49. The van der Waals surface area contributed by atoms with E-state index in [1.165, 1.54) is 27.7 Å². The van der Waals surface area contributed by atoms with E-state index in [-0.39, 0.29) is 12.5 Å². The first-order valence-corrected chi connectivity index (χ1v) is 13.2. The van der Waals surface area contributed by atoms with Crippen LogP contribution in [0.5, 0.6) is 11.5 Å². The predicted octanol–water partition coefficient (Wildman–Crippen LogP) is 3.19. The van der Waals surface area contributed by atoms with Gasteiger partial charge in [-0.3, -0.25) is 4.79 Å². The molecule has 0 aliphatic carbocycles. The van der Waals surface area contributed by atoms with Gasteiger partial charge in [0.1, 0.15) is 5.75 Å². The van der Waals surface area contributed by atoms with Gasteiger partial charge in [-0.1, -0.05) is 24.3 Å². The molecule has 2 saturated heterocycles. The lowest BCUT2D eigenvalue weighted by atomic mass is 10.1. The maximum absolute atomic E-state index is 13.0. The minimum atomic E-state index is 0.0268. The Morgan fingerprint density at radius 2 is 1.59 bits per heavy atom. The molecule has 3 aromatic rings. The number of benzene rings is 3. The number of ether oxygens (including phenoxy) is 1. The number of amides is 1. The first-order valence-electron chi connectivity index (χ1n) is 13.2. The fraction of sp³-hybridized carbons (Fsp3) is 0.414. The summed E-state index contributed by atoms with van der Waals surface area (Å²) in [6.07, 6.45) is 0.834. The largest absolute Gasteiger partial charge is 0.484 e. The van der Waals surface area contributed by atoms with Gasteiger partial charge in [-0.25, -0.2) is 0 Å². The second-order valence-corrected chi connectivity index (χ2v) is 10.0. The standard InChI is InChI=1S/C29H34N4O4/c1-30-11-13-31(14-12-30)27-5-2-4-22-8-9-23(20-25(22)27)35-21-29(34)33-17-15-32(16-18-33)26-6-3-7-28-24(26)10-19-36-37-28/h2-9,20H,10-19,21H2,1H3. The fourth-order valence-corrected chi connectivity index (χ4v) is 5.51. The molecular weight excluding hydrogens is 468 g/mol. The summed E-state index contributed by atoms with van der Waals surface area (Å²) >= 11 is 0. The summed E-state index contributed by atoms with van der Waals surface area (Å²) in [5.41, 5.74) is 3.60. The Morgan fingerprint density at radius 1 is 0.865 bits per heavy atom. The third-order valence-corrected chi connectivity index (χ3v) is 7.70. The van der Waals surface area contributed by atoms with Gasteiger partial charge >= 0.3 is 0 Å². The van der Waals surface area contributed by atoms with Gasteiger partial charge in [-0.15, -0.1) is 0 Å². The molecule has 37 heavy (non-hydrogen) atoms. The molecule has 0 aromatic heterocycles. The van der Waals surface area contributed by atoms with Gasteiger partial charge < -0.3 is 29.2 Å². The topological polar surface area (TPSA) is 57.7 Å². The number of hydrogen-bond acceptors (Lipinski definition) is 7. The van der Waals surface area contributed by atoms with Gasteiger partial charge in [-0.05, 0) is 42.8 Å². The van der Waals surface area contributed by atoms with Crippen molar-refractivity contribution in [3.05, 3.63) is 60.2 Å². The zero-order valence-corrected chi connectivity index (χ0v) is 21.4. The third-order valence-electron chi connectivity index (χ3n) is 7.70. The van der Waals surface area contributed by atoms with Gasteiger partial charge in [0.05, 0.1) is 6.61 Å². The van der Waals surface area contributed by atoms with Crippen LogP contribution in [0.2, 0.25) is 0 Å². The third kappa shape index (κ3) is 5.04. The fourth-order valence-electron chi connectivity index (χ4n) is 5.51. The molecular formula is C29H34N4O4. The molecule has 3 aliphatic heterocycles. The van der Waals surface area contributed by atoms with Crippen LogP contribution in [0.25, 0.3) is 10.8 Å². The highest BCUT2D eigenvalue weighted by atomic mass is 17.2. The lowest BCUT2D eigenvalue weighted by molar-refractivity contribution is -0.215. The molecule has 0 N–H and O–H groups in total. The number of hydrogen-bond donors (Lipinski definition) is 0. The van der Waals surface area contributed by atoms with Gasteiger partial charge in [0.15, 0.2) is 12.4 Å². The highest BCUT2D eigenvalue weighted by Crippen LogP contribution is 2.33. The molecule has 0 spiro atoms. The molecule has 3 aliphatic rings. The van der Waals surface area contributed by atoms with Crippen molar-refractivity contribution < 1.29 is 19.3 Å². The molecule has 3 aromatic carbocycles. The molecule has 194 valence electrons. The summed E-state index contributed by atoms with van der Waals surface area (Å²) in [6.45, 7) is 7.67. The summed E-state index contributed by atoms with van der Waals surface area (Å²) in [4.78, 5) is 32.5. The van der Waals surface area contributed by atoms with Crippen LogP contribution in [-0.4, -0.2) is 88.3 Å². The van der Waals surface area contributed by atoms with Crippen molar-refractivity contribution in [3.63, 3.8) is 0 Å². The monoisotopic (exact) mass is 502 g/mol. The van der Waals surface area contributed by atoms with E-state index in [4.69, 9.17) is 14.5 Å². The number of carbonyl (C=O) groups excluding carboxylic acids is 1. The Labute approximate surface area is 217 Å². The summed E-state index contributed by atoms with van der Waals surface area (Å²) in [5.74, 6) is 1.56. The zero-order chi connectivity index (χ0) is 25.2. The second kappa shape index (κ2) is 10.5. The van der Waals surface area contributed by atoms with Gasteiger partial charge in [0, 0.05) is 81.1 Å². The highest BCUT2D eigenvalue weighted by Gasteiger charge is 2.25. The lowest BCUT2D eigenvalue weighted by Gasteiger charge is -2.37. The predicted molar refractivity (Wildman–Crippen MR) is 145 cm³/mol. The molecule has 1 amide bonds. The van der Waals surface area contributed by atoms with Crippen molar-refractivity contribution in [2.75, 3.05) is 82.4 Å². The van der Waals surface area contributed by atoms with Crippen molar-refractivity contribution in [1.82, 2.24) is 9.80 Å². The SMILES string of the molecule is CN1CCN(c2cccc3ccc(OCC(=O)N4CCN(c5cccc6c5CCOO6)CC4)cc23)CC1. The summed E-state index contributed by atoms with van der Waals surface area (Å²) in [5, 5.41) is 2.36. The van der Waals surface area contributed by atoms with Crippen LogP contribution in [0.3, 0.4) is 0 Å². The smallest absolute Gasteiger partial charge is 0.260 e. The zero-order valence-electron chi connectivity index (χ0n) is 21.4. The van der Waals surface area contributed by atoms with Crippen molar-refractivity contribution >= 4 is 28.1 Å². The number of anilines is 2. The normalized spacial score (nSPS) is 18.5. The Kier molecular flexibility index (Phi) is 6.76. The van der Waals surface area contributed by atoms with Crippen LogP contribution in [0.15, 0.2) is 54.6 Å². The molecule has 3 heterocycles. The van der Waals surface area contributed by atoms with Crippen molar-refractivity contribution in [3.8, 4) is 11.5 Å². The number of carbonyl (C=O) groups is 1. The van der Waals surface area contributed by atoms with Crippen LogP contribution in [-0.2, 0) is 16.1 Å². The summed E-state index contributed by atoms with van der Waals surface area (Å²) in [6, 6.07) is 18.6.